The molecule has 1 N–H and O–H groups in total. The van der Waals surface area contributed by atoms with Crippen molar-refractivity contribution < 1.29 is 14.3 Å². The summed E-state index contributed by atoms with van der Waals surface area (Å²) >= 11 is 0. The van der Waals surface area contributed by atoms with E-state index >= 15 is 0 Å². The van der Waals surface area contributed by atoms with E-state index in [1.54, 1.807) is 6.92 Å². The number of hydrogen-bond donors (Lipinski definition) is 1. The molecular formula is C12H21NO3. The van der Waals surface area contributed by atoms with Crippen molar-refractivity contribution in [3.8, 4) is 0 Å². The molecule has 0 atom stereocenters. The first kappa shape index (κ1) is 14.7. The highest BCUT2D eigenvalue weighted by molar-refractivity contribution is 5.94. The third-order valence-electron chi connectivity index (χ3n) is 1.99. The molecule has 4 heteroatoms. The summed E-state index contributed by atoms with van der Waals surface area (Å²) in [4.78, 5) is 22.1. The van der Waals surface area contributed by atoms with E-state index in [-0.39, 0.29) is 5.91 Å². The molecule has 0 heterocycles. The number of esters is 1. The van der Waals surface area contributed by atoms with Crippen molar-refractivity contribution in [1.29, 1.82) is 0 Å². The summed E-state index contributed by atoms with van der Waals surface area (Å²) in [5.74, 6) is -0.729. The number of ether oxygens (including phenoxy) is 1. The quantitative estimate of drug-likeness (QED) is 0.391. The fourth-order valence-corrected chi connectivity index (χ4v) is 1.16. The van der Waals surface area contributed by atoms with E-state index in [9.17, 15) is 9.59 Å². The molecule has 0 aromatic heterocycles. The van der Waals surface area contributed by atoms with Crippen molar-refractivity contribution in [3.05, 3.63) is 12.2 Å². The normalized spacial score (nSPS) is 10.4. The van der Waals surface area contributed by atoms with Gasteiger partial charge < -0.3 is 10.1 Å². The summed E-state index contributed by atoms with van der Waals surface area (Å²) in [6, 6.07) is 0. The zero-order valence-electron chi connectivity index (χ0n) is 10.1. The van der Waals surface area contributed by atoms with Crippen LogP contribution in [0.1, 0.15) is 39.5 Å². The molecule has 0 aliphatic heterocycles. The van der Waals surface area contributed by atoms with Gasteiger partial charge in [-0.1, -0.05) is 26.2 Å². The van der Waals surface area contributed by atoms with Crippen LogP contribution in [-0.4, -0.2) is 25.0 Å². The molecule has 0 saturated carbocycles. The van der Waals surface area contributed by atoms with Crippen molar-refractivity contribution in [2.75, 3.05) is 13.2 Å². The van der Waals surface area contributed by atoms with E-state index in [4.69, 9.17) is 0 Å². The maximum Gasteiger partial charge on any atom is 0.330 e. The zero-order chi connectivity index (χ0) is 12.2. The van der Waals surface area contributed by atoms with Gasteiger partial charge in [-0.05, 0) is 13.3 Å². The number of rotatable bonds is 8. The van der Waals surface area contributed by atoms with Crippen molar-refractivity contribution in [3.63, 3.8) is 0 Å². The third kappa shape index (κ3) is 9.24. The first-order chi connectivity index (χ1) is 7.70. The second-order valence-electron chi connectivity index (χ2n) is 3.44. The van der Waals surface area contributed by atoms with Gasteiger partial charge in [-0.15, -0.1) is 0 Å². The van der Waals surface area contributed by atoms with Gasteiger partial charge in [0.15, 0.2) is 0 Å². The fourth-order valence-electron chi connectivity index (χ4n) is 1.16. The van der Waals surface area contributed by atoms with Crippen LogP contribution in [0.2, 0.25) is 0 Å². The molecule has 0 fully saturated rings. The van der Waals surface area contributed by atoms with E-state index in [0.29, 0.717) is 13.2 Å². The van der Waals surface area contributed by atoms with E-state index in [1.807, 2.05) is 0 Å². The molecule has 16 heavy (non-hydrogen) atoms. The Morgan fingerprint density at radius 1 is 1.12 bits per heavy atom. The highest BCUT2D eigenvalue weighted by atomic mass is 16.5. The summed E-state index contributed by atoms with van der Waals surface area (Å²) in [5, 5.41) is 2.71. The summed E-state index contributed by atoms with van der Waals surface area (Å²) in [6.07, 6.45) is 6.82. The van der Waals surface area contributed by atoms with Gasteiger partial charge in [-0.3, -0.25) is 4.79 Å². The molecule has 0 aromatic carbocycles. The predicted molar refractivity (Wildman–Crippen MR) is 62.9 cm³/mol. The second kappa shape index (κ2) is 10.2. The highest BCUT2D eigenvalue weighted by Gasteiger charge is 1.97. The number of carbonyl (C=O) groups excluding carboxylic acids is 2. The standard InChI is InChI=1S/C12H21NO3/c1-3-5-6-7-10-13-11(14)8-9-12(15)16-4-2/h8-9H,3-7,10H2,1-2H3,(H,13,14). The van der Waals surface area contributed by atoms with Gasteiger partial charge in [-0.25, -0.2) is 4.79 Å². The van der Waals surface area contributed by atoms with Crippen LogP contribution in [-0.2, 0) is 14.3 Å². The number of amides is 1. The van der Waals surface area contributed by atoms with E-state index in [0.717, 1.165) is 18.9 Å². The first-order valence-corrected chi connectivity index (χ1v) is 5.83. The van der Waals surface area contributed by atoms with Crippen molar-refractivity contribution >= 4 is 11.9 Å². The average Bonchev–Trinajstić information content (AvgIpc) is 2.26. The Kier molecular flexibility index (Phi) is 9.36. The monoisotopic (exact) mass is 227 g/mol. The minimum atomic E-state index is -0.483. The average molecular weight is 227 g/mol. The highest BCUT2D eigenvalue weighted by Crippen LogP contribution is 1.96. The van der Waals surface area contributed by atoms with Crippen molar-refractivity contribution in [2.45, 2.75) is 39.5 Å². The van der Waals surface area contributed by atoms with Gasteiger partial charge in [0.25, 0.3) is 0 Å². The smallest absolute Gasteiger partial charge is 0.330 e. The Balaban J connectivity index is 3.54. The zero-order valence-corrected chi connectivity index (χ0v) is 10.1. The van der Waals surface area contributed by atoms with Crippen LogP contribution < -0.4 is 5.32 Å². The predicted octanol–water partition coefficient (Wildman–Crippen LogP) is 1.80. The molecule has 4 nitrogen and oxygen atoms in total. The Bertz CT molecular complexity index is 236. The molecule has 92 valence electrons. The Morgan fingerprint density at radius 2 is 1.88 bits per heavy atom. The Morgan fingerprint density at radius 3 is 2.50 bits per heavy atom. The third-order valence-corrected chi connectivity index (χ3v) is 1.99. The molecular weight excluding hydrogens is 206 g/mol. The Hall–Kier alpha value is -1.32. The molecule has 0 spiro atoms. The minimum absolute atomic E-state index is 0.246. The molecule has 0 aliphatic carbocycles. The summed E-state index contributed by atoms with van der Waals surface area (Å²) in [7, 11) is 0. The molecule has 0 aliphatic rings. The second-order valence-corrected chi connectivity index (χ2v) is 3.44. The minimum Gasteiger partial charge on any atom is -0.463 e. The molecule has 0 rings (SSSR count). The van der Waals surface area contributed by atoms with Crippen LogP contribution in [0.3, 0.4) is 0 Å². The van der Waals surface area contributed by atoms with Crippen LogP contribution in [0.25, 0.3) is 0 Å². The summed E-state index contributed by atoms with van der Waals surface area (Å²) in [5.41, 5.74) is 0. The van der Waals surface area contributed by atoms with E-state index in [1.165, 1.54) is 18.9 Å². The van der Waals surface area contributed by atoms with Crippen LogP contribution in [0.5, 0.6) is 0 Å². The number of hydrogen-bond acceptors (Lipinski definition) is 3. The van der Waals surface area contributed by atoms with Crippen LogP contribution in [0, 0.1) is 0 Å². The van der Waals surface area contributed by atoms with Crippen LogP contribution in [0.4, 0.5) is 0 Å². The SMILES string of the molecule is CCCCCCNC(=O)C=CC(=O)OCC. The molecule has 1 amide bonds. The van der Waals surface area contributed by atoms with Gasteiger partial charge in [-0.2, -0.15) is 0 Å². The lowest BCUT2D eigenvalue weighted by Gasteiger charge is -2.01. The number of unbranched alkanes of at least 4 members (excludes halogenated alkanes) is 3. The van der Waals surface area contributed by atoms with E-state index < -0.39 is 5.97 Å². The summed E-state index contributed by atoms with van der Waals surface area (Å²) < 4.78 is 4.64. The first-order valence-electron chi connectivity index (χ1n) is 5.83. The molecule has 0 saturated heterocycles. The van der Waals surface area contributed by atoms with Gasteiger partial charge in [0, 0.05) is 18.7 Å². The van der Waals surface area contributed by atoms with Gasteiger partial charge in [0.1, 0.15) is 0 Å². The molecule has 0 aromatic rings. The maximum atomic E-state index is 11.2. The molecule has 0 unspecified atom stereocenters. The molecule has 0 radical (unpaired) electrons. The lowest BCUT2D eigenvalue weighted by molar-refractivity contribution is -0.137. The van der Waals surface area contributed by atoms with Gasteiger partial charge >= 0.3 is 5.97 Å². The van der Waals surface area contributed by atoms with Crippen molar-refractivity contribution in [2.24, 2.45) is 0 Å². The summed E-state index contributed by atoms with van der Waals surface area (Å²) in [6.45, 7) is 4.84. The van der Waals surface area contributed by atoms with E-state index in [2.05, 4.69) is 17.0 Å². The number of carbonyl (C=O) groups is 2. The maximum absolute atomic E-state index is 11.2. The van der Waals surface area contributed by atoms with Crippen LogP contribution >= 0.6 is 0 Å². The topological polar surface area (TPSA) is 55.4 Å². The Labute approximate surface area is 97.1 Å². The largest absolute Gasteiger partial charge is 0.463 e. The van der Waals surface area contributed by atoms with Gasteiger partial charge in [0.2, 0.25) is 5.91 Å². The molecule has 0 bridgehead atoms. The lowest BCUT2D eigenvalue weighted by atomic mass is 10.2. The van der Waals surface area contributed by atoms with Crippen LogP contribution in [0.15, 0.2) is 12.2 Å². The number of nitrogens with one attached hydrogen (secondary N) is 1. The fraction of sp³-hybridized carbons (Fsp3) is 0.667. The van der Waals surface area contributed by atoms with Gasteiger partial charge in [0.05, 0.1) is 6.61 Å². The lowest BCUT2D eigenvalue weighted by Crippen LogP contribution is -2.22. The van der Waals surface area contributed by atoms with Crippen molar-refractivity contribution in [1.82, 2.24) is 5.32 Å².